The molecular formula is C13H17NO2S. The highest BCUT2D eigenvalue weighted by atomic mass is 32.1. The predicted octanol–water partition coefficient (Wildman–Crippen LogP) is 3.17. The summed E-state index contributed by atoms with van der Waals surface area (Å²) >= 11 is 1.77. The molecule has 1 aliphatic rings. The lowest BCUT2D eigenvalue weighted by Crippen LogP contribution is -2.33. The third-order valence-corrected chi connectivity index (χ3v) is 3.92. The summed E-state index contributed by atoms with van der Waals surface area (Å²) in [7, 11) is 0. The van der Waals surface area contributed by atoms with Gasteiger partial charge in [0.05, 0.1) is 6.61 Å². The third kappa shape index (κ3) is 2.52. The molecule has 1 aromatic heterocycles. The summed E-state index contributed by atoms with van der Waals surface area (Å²) in [6.07, 6.45) is 2.80. The molecule has 0 fully saturated rings. The second-order valence-electron chi connectivity index (χ2n) is 3.94. The molecule has 0 unspecified atom stereocenters. The van der Waals surface area contributed by atoms with E-state index in [0.29, 0.717) is 13.2 Å². The molecule has 0 atom stereocenters. The van der Waals surface area contributed by atoms with E-state index in [1.54, 1.807) is 16.2 Å². The Balaban J connectivity index is 2.19. The van der Waals surface area contributed by atoms with Crippen molar-refractivity contribution < 1.29 is 9.53 Å². The number of nitrogens with zero attached hydrogens (tertiary/aromatic N) is 1. The largest absolute Gasteiger partial charge is 0.450 e. The van der Waals surface area contributed by atoms with Gasteiger partial charge in [0.1, 0.15) is 0 Å². The summed E-state index contributed by atoms with van der Waals surface area (Å²) in [5.41, 5.74) is 2.51. The average Bonchev–Trinajstić information content (AvgIpc) is 2.71. The van der Waals surface area contributed by atoms with E-state index in [1.807, 2.05) is 13.8 Å². The molecule has 0 aliphatic carbocycles. The molecule has 0 saturated carbocycles. The average molecular weight is 251 g/mol. The summed E-state index contributed by atoms with van der Waals surface area (Å²) in [6.45, 7) is 5.68. The van der Waals surface area contributed by atoms with Crippen LogP contribution in [-0.4, -0.2) is 30.7 Å². The number of allylic oxidation sites excluding steroid dienone is 1. The zero-order valence-corrected chi connectivity index (χ0v) is 11.0. The highest BCUT2D eigenvalue weighted by Gasteiger charge is 2.22. The van der Waals surface area contributed by atoms with Crippen LogP contribution in [0.3, 0.4) is 0 Å². The Labute approximate surface area is 106 Å². The quantitative estimate of drug-likeness (QED) is 0.767. The minimum absolute atomic E-state index is 0.206. The molecule has 0 N–H and O–H groups in total. The number of fused-ring (bicyclic) bond motifs is 1. The molecule has 0 aromatic carbocycles. The molecule has 4 heteroatoms. The van der Waals surface area contributed by atoms with E-state index in [4.69, 9.17) is 4.74 Å². The lowest BCUT2D eigenvalue weighted by molar-refractivity contribution is 0.113. The molecular weight excluding hydrogens is 234 g/mol. The maximum Gasteiger partial charge on any atom is 0.410 e. The molecule has 2 rings (SSSR count). The zero-order valence-electron chi connectivity index (χ0n) is 10.2. The molecule has 92 valence electrons. The number of thiophene rings is 1. The fourth-order valence-electron chi connectivity index (χ4n) is 2.04. The first-order valence-electron chi connectivity index (χ1n) is 5.90. The van der Waals surface area contributed by atoms with Gasteiger partial charge in [0, 0.05) is 24.4 Å². The van der Waals surface area contributed by atoms with Crippen molar-refractivity contribution in [3.05, 3.63) is 28.0 Å². The first-order valence-corrected chi connectivity index (χ1v) is 6.77. The van der Waals surface area contributed by atoms with Crippen LogP contribution >= 0.6 is 11.3 Å². The molecule has 0 spiro atoms. The van der Waals surface area contributed by atoms with E-state index in [1.165, 1.54) is 16.0 Å². The Kier molecular flexibility index (Phi) is 3.84. The van der Waals surface area contributed by atoms with Gasteiger partial charge in [0.15, 0.2) is 0 Å². The zero-order chi connectivity index (χ0) is 12.3. The molecule has 3 nitrogen and oxygen atoms in total. The summed E-state index contributed by atoms with van der Waals surface area (Å²) < 4.78 is 5.07. The Morgan fingerprint density at radius 1 is 1.65 bits per heavy atom. The second kappa shape index (κ2) is 5.36. The van der Waals surface area contributed by atoms with Crippen molar-refractivity contribution in [1.29, 1.82) is 0 Å². The van der Waals surface area contributed by atoms with Gasteiger partial charge in [-0.15, -0.1) is 11.3 Å². The highest BCUT2D eigenvalue weighted by Crippen LogP contribution is 2.28. The lowest BCUT2D eigenvalue weighted by Gasteiger charge is -2.20. The van der Waals surface area contributed by atoms with Crippen LogP contribution in [0.4, 0.5) is 4.79 Å². The lowest BCUT2D eigenvalue weighted by atomic mass is 10.1. The summed E-state index contributed by atoms with van der Waals surface area (Å²) in [4.78, 5) is 14.9. The number of carbonyl (C=O) groups is 1. The molecule has 1 aliphatic heterocycles. The number of ether oxygens (including phenoxy) is 1. The van der Waals surface area contributed by atoms with E-state index >= 15 is 0 Å². The van der Waals surface area contributed by atoms with Crippen LogP contribution in [0.5, 0.6) is 0 Å². The van der Waals surface area contributed by atoms with Crippen LogP contribution in [0.1, 0.15) is 24.3 Å². The van der Waals surface area contributed by atoms with Gasteiger partial charge < -0.3 is 9.64 Å². The van der Waals surface area contributed by atoms with Crippen molar-refractivity contribution >= 4 is 23.0 Å². The fraction of sp³-hybridized carbons (Fsp3) is 0.462. The molecule has 0 radical (unpaired) electrons. The normalized spacial score (nSPS) is 17.8. The standard InChI is InChI=1S/C13H17NO2S/c1-3-10-9-14(13(15)16-4-2)7-5-12-11(10)6-8-17-12/h3,6,8H,4-5,7,9H2,1-2H3. The highest BCUT2D eigenvalue weighted by molar-refractivity contribution is 7.10. The number of rotatable bonds is 1. The van der Waals surface area contributed by atoms with Crippen LogP contribution in [0.15, 0.2) is 17.5 Å². The summed E-state index contributed by atoms with van der Waals surface area (Å²) in [5.74, 6) is 0. The molecule has 1 aromatic rings. The molecule has 17 heavy (non-hydrogen) atoms. The van der Waals surface area contributed by atoms with E-state index in [-0.39, 0.29) is 6.09 Å². The monoisotopic (exact) mass is 251 g/mol. The molecule has 0 bridgehead atoms. The van der Waals surface area contributed by atoms with Gasteiger partial charge >= 0.3 is 6.09 Å². The Hall–Kier alpha value is -1.29. The first-order chi connectivity index (χ1) is 8.26. The Bertz CT molecular complexity index is 436. The van der Waals surface area contributed by atoms with Crippen molar-refractivity contribution in [3.8, 4) is 0 Å². The maximum atomic E-state index is 11.8. The summed E-state index contributed by atoms with van der Waals surface area (Å²) in [5, 5.41) is 2.12. The van der Waals surface area contributed by atoms with Crippen molar-refractivity contribution in [3.63, 3.8) is 0 Å². The second-order valence-corrected chi connectivity index (χ2v) is 4.94. The first kappa shape index (κ1) is 12.2. The van der Waals surface area contributed by atoms with Crippen LogP contribution in [-0.2, 0) is 11.2 Å². The van der Waals surface area contributed by atoms with Crippen molar-refractivity contribution in [2.45, 2.75) is 20.3 Å². The number of hydrogen-bond donors (Lipinski definition) is 0. The van der Waals surface area contributed by atoms with E-state index in [9.17, 15) is 4.79 Å². The van der Waals surface area contributed by atoms with E-state index < -0.39 is 0 Å². The van der Waals surface area contributed by atoms with Gasteiger partial charge in [-0.2, -0.15) is 0 Å². The minimum Gasteiger partial charge on any atom is -0.450 e. The van der Waals surface area contributed by atoms with Gasteiger partial charge in [0.25, 0.3) is 0 Å². The van der Waals surface area contributed by atoms with E-state index in [2.05, 4.69) is 17.5 Å². The van der Waals surface area contributed by atoms with Crippen LogP contribution < -0.4 is 0 Å². The topological polar surface area (TPSA) is 29.5 Å². The van der Waals surface area contributed by atoms with Gasteiger partial charge in [-0.05, 0) is 36.4 Å². The molecule has 1 amide bonds. The fourth-order valence-corrected chi connectivity index (χ4v) is 2.95. The van der Waals surface area contributed by atoms with Gasteiger partial charge in [-0.1, -0.05) is 6.08 Å². The van der Waals surface area contributed by atoms with Crippen LogP contribution in [0.2, 0.25) is 0 Å². The molecule has 0 saturated heterocycles. The van der Waals surface area contributed by atoms with Crippen molar-refractivity contribution in [2.24, 2.45) is 0 Å². The summed E-state index contributed by atoms with van der Waals surface area (Å²) in [6, 6.07) is 2.14. The van der Waals surface area contributed by atoms with Crippen molar-refractivity contribution in [2.75, 3.05) is 19.7 Å². The van der Waals surface area contributed by atoms with Gasteiger partial charge in [-0.25, -0.2) is 4.79 Å². The van der Waals surface area contributed by atoms with Gasteiger partial charge in [0.2, 0.25) is 0 Å². The Morgan fingerprint density at radius 2 is 2.47 bits per heavy atom. The predicted molar refractivity (Wildman–Crippen MR) is 70.3 cm³/mol. The molecule has 2 heterocycles. The van der Waals surface area contributed by atoms with Crippen LogP contribution in [0, 0.1) is 0 Å². The van der Waals surface area contributed by atoms with E-state index in [0.717, 1.165) is 13.0 Å². The SMILES string of the molecule is CC=C1CN(C(=O)OCC)CCc2sccc21. The smallest absolute Gasteiger partial charge is 0.410 e. The van der Waals surface area contributed by atoms with Gasteiger partial charge in [-0.3, -0.25) is 0 Å². The Morgan fingerprint density at radius 3 is 3.18 bits per heavy atom. The number of carbonyl (C=O) groups excluding carboxylic acids is 1. The minimum atomic E-state index is -0.206. The van der Waals surface area contributed by atoms with Crippen LogP contribution in [0.25, 0.3) is 5.57 Å². The van der Waals surface area contributed by atoms with Crippen molar-refractivity contribution in [1.82, 2.24) is 4.90 Å². The number of hydrogen-bond acceptors (Lipinski definition) is 3. The maximum absolute atomic E-state index is 11.8. The number of amides is 1. The third-order valence-electron chi connectivity index (χ3n) is 2.94.